The van der Waals surface area contributed by atoms with Crippen molar-refractivity contribution in [1.82, 2.24) is 9.80 Å². The standard InChI is InChI=1S/C27H29ClN2O2/c1-20-4-3-5-23(16-20)18-29-12-14-30(15-13-29)27(31)24-8-6-22(7-9-24)19-32-25-10-11-26(28)21(2)17-25/h3-11,16-17H,12-15,18-19H2,1-2H3. The van der Waals surface area contributed by atoms with Crippen molar-refractivity contribution in [2.24, 2.45) is 0 Å². The largest absolute Gasteiger partial charge is 0.489 e. The summed E-state index contributed by atoms with van der Waals surface area (Å²) in [4.78, 5) is 17.3. The van der Waals surface area contributed by atoms with Gasteiger partial charge in [-0.2, -0.15) is 0 Å². The molecule has 3 aromatic carbocycles. The lowest BCUT2D eigenvalue weighted by atomic mass is 10.1. The number of ether oxygens (including phenoxy) is 1. The molecule has 0 unspecified atom stereocenters. The Morgan fingerprint density at radius 3 is 2.34 bits per heavy atom. The summed E-state index contributed by atoms with van der Waals surface area (Å²) in [6, 6.07) is 22.0. The number of piperazine rings is 1. The van der Waals surface area contributed by atoms with Gasteiger partial charge in [-0.15, -0.1) is 0 Å². The van der Waals surface area contributed by atoms with Crippen LogP contribution in [0.1, 0.15) is 32.6 Å². The van der Waals surface area contributed by atoms with Crippen molar-refractivity contribution in [3.8, 4) is 5.75 Å². The van der Waals surface area contributed by atoms with Gasteiger partial charge in [0.15, 0.2) is 0 Å². The average molecular weight is 449 g/mol. The Balaban J connectivity index is 1.27. The van der Waals surface area contributed by atoms with Crippen LogP contribution in [0.5, 0.6) is 5.75 Å². The van der Waals surface area contributed by atoms with E-state index in [0.29, 0.717) is 6.61 Å². The summed E-state index contributed by atoms with van der Waals surface area (Å²) in [5.74, 6) is 0.886. The summed E-state index contributed by atoms with van der Waals surface area (Å²) in [6.07, 6.45) is 0. The van der Waals surface area contributed by atoms with Crippen molar-refractivity contribution < 1.29 is 9.53 Å². The zero-order valence-corrected chi connectivity index (χ0v) is 19.4. The Hall–Kier alpha value is -2.82. The molecule has 4 rings (SSSR count). The van der Waals surface area contributed by atoms with Gasteiger partial charge in [0.25, 0.3) is 5.91 Å². The second-order valence-electron chi connectivity index (χ2n) is 8.45. The molecule has 0 aromatic heterocycles. The number of benzene rings is 3. The molecule has 0 N–H and O–H groups in total. The highest BCUT2D eigenvalue weighted by atomic mass is 35.5. The van der Waals surface area contributed by atoms with E-state index in [9.17, 15) is 4.79 Å². The third-order valence-corrected chi connectivity index (χ3v) is 6.31. The van der Waals surface area contributed by atoms with Crippen LogP contribution in [0.25, 0.3) is 0 Å². The zero-order chi connectivity index (χ0) is 22.5. The molecule has 0 saturated carbocycles. The lowest BCUT2D eigenvalue weighted by Crippen LogP contribution is -2.48. The number of rotatable bonds is 6. The molecule has 32 heavy (non-hydrogen) atoms. The number of hydrogen-bond acceptors (Lipinski definition) is 3. The molecular weight excluding hydrogens is 420 g/mol. The number of aryl methyl sites for hydroxylation is 2. The van der Waals surface area contributed by atoms with E-state index in [0.717, 1.165) is 60.2 Å². The zero-order valence-electron chi connectivity index (χ0n) is 18.7. The van der Waals surface area contributed by atoms with Crippen molar-refractivity contribution in [2.45, 2.75) is 27.0 Å². The first kappa shape index (κ1) is 22.4. The third kappa shape index (κ3) is 5.70. The fourth-order valence-electron chi connectivity index (χ4n) is 3.98. The molecule has 0 atom stereocenters. The van der Waals surface area contributed by atoms with Crippen molar-refractivity contribution in [3.05, 3.63) is 99.6 Å². The smallest absolute Gasteiger partial charge is 0.253 e. The van der Waals surface area contributed by atoms with Crippen LogP contribution in [0.2, 0.25) is 5.02 Å². The Labute approximate surface area is 195 Å². The van der Waals surface area contributed by atoms with Gasteiger partial charge in [-0.25, -0.2) is 0 Å². The molecule has 0 spiro atoms. The number of hydrogen-bond donors (Lipinski definition) is 0. The number of carbonyl (C=O) groups is 1. The van der Waals surface area contributed by atoms with Crippen molar-refractivity contribution in [1.29, 1.82) is 0 Å². The Kier molecular flexibility index (Phi) is 7.13. The number of nitrogens with zero attached hydrogens (tertiary/aromatic N) is 2. The van der Waals surface area contributed by atoms with E-state index in [1.807, 2.05) is 54.3 Å². The average Bonchev–Trinajstić information content (AvgIpc) is 2.80. The van der Waals surface area contributed by atoms with Gasteiger partial charge < -0.3 is 9.64 Å². The molecule has 166 valence electrons. The Bertz CT molecular complexity index is 1070. The lowest BCUT2D eigenvalue weighted by molar-refractivity contribution is 0.0628. The molecule has 0 bridgehead atoms. The van der Waals surface area contributed by atoms with Crippen molar-refractivity contribution in [3.63, 3.8) is 0 Å². The van der Waals surface area contributed by atoms with Gasteiger partial charge in [-0.3, -0.25) is 9.69 Å². The van der Waals surface area contributed by atoms with E-state index < -0.39 is 0 Å². The van der Waals surface area contributed by atoms with Crippen LogP contribution in [0, 0.1) is 13.8 Å². The molecule has 5 heteroatoms. The summed E-state index contributed by atoms with van der Waals surface area (Å²) in [5, 5.41) is 0.733. The number of amides is 1. The first-order chi connectivity index (χ1) is 15.5. The molecule has 0 radical (unpaired) electrons. The monoisotopic (exact) mass is 448 g/mol. The molecule has 1 fully saturated rings. The summed E-state index contributed by atoms with van der Waals surface area (Å²) in [7, 11) is 0. The van der Waals surface area contributed by atoms with Gasteiger partial charge in [0.05, 0.1) is 0 Å². The Morgan fingerprint density at radius 2 is 1.66 bits per heavy atom. The van der Waals surface area contributed by atoms with Crippen LogP contribution in [-0.2, 0) is 13.2 Å². The molecule has 1 saturated heterocycles. The van der Waals surface area contributed by atoms with Crippen LogP contribution in [0.15, 0.2) is 66.7 Å². The predicted octanol–water partition coefficient (Wildman–Crippen LogP) is 5.49. The topological polar surface area (TPSA) is 32.8 Å². The summed E-state index contributed by atoms with van der Waals surface area (Å²) >= 11 is 6.06. The minimum atomic E-state index is 0.0981. The predicted molar refractivity (Wildman–Crippen MR) is 129 cm³/mol. The molecular formula is C27H29ClN2O2. The van der Waals surface area contributed by atoms with Gasteiger partial charge in [0.1, 0.15) is 12.4 Å². The molecule has 3 aromatic rings. The van der Waals surface area contributed by atoms with Gasteiger partial charge in [0.2, 0.25) is 0 Å². The van der Waals surface area contributed by atoms with Gasteiger partial charge in [-0.1, -0.05) is 53.6 Å². The molecule has 1 heterocycles. The number of halogens is 1. The molecule has 1 aliphatic rings. The maximum absolute atomic E-state index is 12.9. The highest BCUT2D eigenvalue weighted by molar-refractivity contribution is 6.31. The molecule has 0 aliphatic carbocycles. The fraction of sp³-hybridized carbons (Fsp3) is 0.296. The minimum Gasteiger partial charge on any atom is -0.489 e. The summed E-state index contributed by atoms with van der Waals surface area (Å²) in [5.41, 5.74) is 5.36. The van der Waals surface area contributed by atoms with E-state index in [4.69, 9.17) is 16.3 Å². The first-order valence-electron chi connectivity index (χ1n) is 11.0. The third-order valence-electron chi connectivity index (χ3n) is 5.88. The maximum Gasteiger partial charge on any atom is 0.253 e. The van der Waals surface area contributed by atoms with Crippen LogP contribution < -0.4 is 4.74 Å². The van der Waals surface area contributed by atoms with Crippen LogP contribution in [0.3, 0.4) is 0 Å². The Morgan fingerprint density at radius 1 is 0.906 bits per heavy atom. The van der Waals surface area contributed by atoms with E-state index in [-0.39, 0.29) is 5.91 Å². The van der Waals surface area contributed by atoms with Crippen LogP contribution in [-0.4, -0.2) is 41.9 Å². The molecule has 1 aliphatic heterocycles. The highest BCUT2D eigenvalue weighted by Crippen LogP contribution is 2.22. The van der Waals surface area contributed by atoms with Crippen molar-refractivity contribution in [2.75, 3.05) is 26.2 Å². The van der Waals surface area contributed by atoms with Gasteiger partial charge in [0, 0.05) is 43.3 Å². The normalized spacial score (nSPS) is 14.4. The van der Waals surface area contributed by atoms with E-state index >= 15 is 0 Å². The number of carbonyl (C=O) groups excluding carboxylic acids is 1. The lowest BCUT2D eigenvalue weighted by Gasteiger charge is -2.34. The first-order valence-corrected chi connectivity index (χ1v) is 11.4. The van der Waals surface area contributed by atoms with Gasteiger partial charge in [-0.05, 0) is 60.9 Å². The van der Waals surface area contributed by atoms with Crippen LogP contribution >= 0.6 is 11.6 Å². The second kappa shape index (κ2) is 10.2. The SMILES string of the molecule is Cc1cccc(CN2CCN(C(=O)c3ccc(COc4ccc(Cl)c(C)c4)cc3)CC2)c1. The minimum absolute atomic E-state index is 0.0981. The second-order valence-corrected chi connectivity index (χ2v) is 8.86. The quantitative estimate of drug-likeness (QED) is 0.499. The molecule has 1 amide bonds. The fourth-order valence-corrected chi connectivity index (χ4v) is 4.10. The summed E-state index contributed by atoms with van der Waals surface area (Å²) in [6.45, 7) is 8.77. The van der Waals surface area contributed by atoms with Crippen LogP contribution in [0.4, 0.5) is 0 Å². The van der Waals surface area contributed by atoms with Crippen molar-refractivity contribution >= 4 is 17.5 Å². The highest BCUT2D eigenvalue weighted by Gasteiger charge is 2.22. The summed E-state index contributed by atoms with van der Waals surface area (Å²) < 4.78 is 5.85. The molecule has 4 nitrogen and oxygen atoms in total. The van der Waals surface area contributed by atoms with E-state index in [1.54, 1.807) is 0 Å². The maximum atomic E-state index is 12.9. The van der Waals surface area contributed by atoms with E-state index in [2.05, 4.69) is 36.1 Å². The van der Waals surface area contributed by atoms with E-state index in [1.165, 1.54) is 11.1 Å². The van der Waals surface area contributed by atoms with Gasteiger partial charge >= 0.3 is 0 Å².